The third-order valence-corrected chi connectivity index (χ3v) is 2.29. The molecule has 1 N–H and O–H groups in total. The van der Waals surface area contributed by atoms with Gasteiger partial charge in [0.15, 0.2) is 6.61 Å². The van der Waals surface area contributed by atoms with Crippen LogP contribution in [0.1, 0.15) is 31.2 Å². The number of H-pyrrole nitrogens is 1. The minimum atomic E-state index is 0.334. The van der Waals surface area contributed by atoms with E-state index in [4.69, 9.17) is 4.74 Å². The minimum Gasteiger partial charge on any atom is -0.485 e. The number of tetrazole rings is 1. The summed E-state index contributed by atoms with van der Waals surface area (Å²) < 4.78 is 5.66. The van der Waals surface area contributed by atoms with Gasteiger partial charge in [0.25, 0.3) is 0 Å². The van der Waals surface area contributed by atoms with Crippen LogP contribution in [-0.2, 0) is 6.61 Å². The van der Waals surface area contributed by atoms with Crippen molar-refractivity contribution in [2.45, 2.75) is 26.4 Å². The van der Waals surface area contributed by atoms with Crippen molar-refractivity contribution in [3.8, 4) is 5.75 Å². The van der Waals surface area contributed by atoms with E-state index in [1.54, 1.807) is 0 Å². The number of nitrogens with one attached hydrogen (secondary N) is 1. The van der Waals surface area contributed by atoms with E-state index in [0.29, 0.717) is 18.3 Å². The van der Waals surface area contributed by atoms with Crippen molar-refractivity contribution in [2.24, 2.45) is 0 Å². The van der Waals surface area contributed by atoms with E-state index in [2.05, 4.69) is 40.5 Å². The van der Waals surface area contributed by atoms with Crippen molar-refractivity contribution >= 4 is 0 Å². The first-order valence-electron chi connectivity index (χ1n) is 5.21. The molecule has 0 spiro atoms. The Morgan fingerprint density at radius 1 is 1.31 bits per heavy atom. The molecule has 0 saturated heterocycles. The average molecular weight is 218 g/mol. The molecule has 0 radical (unpaired) electrons. The van der Waals surface area contributed by atoms with Crippen molar-refractivity contribution in [1.29, 1.82) is 0 Å². The molecule has 0 saturated carbocycles. The molecule has 0 bridgehead atoms. The molecule has 1 heterocycles. The van der Waals surface area contributed by atoms with Gasteiger partial charge >= 0.3 is 0 Å². The van der Waals surface area contributed by atoms with Crippen molar-refractivity contribution in [3.05, 3.63) is 35.7 Å². The lowest BCUT2D eigenvalue weighted by molar-refractivity contribution is 0.292. The maximum absolute atomic E-state index is 5.66. The lowest BCUT2D eigenvalue weighted by atomic mass is 10.0. The van der Waals surface area contributed by atoms with Crippen molar-refractivity contribution in [1.82, 2.24) is 20.6 Å². The number of rotatable bonds is 4. The van der Waals surface area contributed by atoms with Gasteiger partial charge in [-0.05, 0) is 17.5 Å². The van der Waals surface area contributed by atoms with Gasteiger partial charge in [0.05, 0.1) is 0 Å². The summed E-state index contributed by atoms with van der Waals surface area (Å²) in [5.41, 5.74) is 1.19. The van der Waals surface area contributed by atoms with Crippen LogP contribution >= 0.6 is 0 Å². The molecule has 0 amide bonds. The Hall–Kier alpha value is -1.91. The van der Waals surface area contributed by atoms with Crippen LogP contribution in [0.15, 0.2) is 24.3 Å². The molecule has 0 unspecified atom stereocenters. The predicted octanol–water partition coefficient (Wildman–Crippen LogP) is 1.90. The Labute approximate surface area is 93.8 Å². The highest BCUT2D eigenvalue weighted by Crippen LogP contribution is 2.26. The first-order chi connectivity index (χ1) is 7.77. The molecule has 0 aliphatic heterocycles. The van der Waals surface area contributed by atoms with Gasteiger partial charge < -0.3 is 4.74 Å². The number of hydrogen-bond donors (Lipinski definition) is 1. The number of ether oxygens (including phenoxy) is 1. The molecule has 0 fully saturated rings. The second-order valence-electron chi connectivity index (χ2n) is 3.81. The van der Waals surface area contributed by atoms with Gasteiger partial charge in [-0.25, -0.2) is 0 Å². The predicted molar refractivity (Wildman–Crippen MR) is 59.0 cm³/mol. The largest absolute Gasteiger partial charge is 0.485 e. The SMILES string of the molecule is CC(C)c1ccccc1OCc1nn[nH]n1. The molecule has 5 nitrogen and oxygen atoms in total. The fourth-order valence-corrected chi connectivity index (χ4v) is 1.47. The molecule has 16 heavy (non-hydrogen) atoms. The Kier molecular flexibility index (Phi) is 3.14. The normalized spacial score (nSPS) is 10.7. The highest BCUT2D eigenvalue weighted by molar-refractivity contribution is 5.35. The van der Waals surface area contributed by atoms with E-state index in [0.717, 1.165) is 5.75 Å². The summed E-state index contributed by atoms with van der Waals surface area (Å²) >= 11 is 0. The van der Waals surface area contributed by atoms with Gasteiger partial charge in [-0.2, -0.15) is 5.21 Å². The molecule has 0 aliphatic rings. The number of hydrogen-bond acceptors (Lipinski definition) is 4. The first kappa shape index (κ1) is 10.6. The van der Waals surface area contributed by atoms with Crippen LogP contribution in [0.3, 0.4) is 0 Å². The van der Waals surface area contributed by atoms with E-state index in [1.165, 1.54) is 5.56 Å². The first-order valence-corrected chi connectivity index (χ1v) is 5.21. The van der Waals surface area contributed by atoms with E-state index in [-0.39, 0.29) is 0 Å². The number of nitrogens with zero attached hydrogens (tertiary/aromatic N) is 3. The fourth-order valence-electron chi connectivity index (χ4n) is 1.47. The van der Waals surface area contributed by atoms with E-state index < -0.39 is 0 Å². The third-order valence-electron chi connectivity index (χ3n) is 2.29. The quantitative estimate of drug-likeness (QED) is 0.851. The molecule has 2 rings (SSSR count). The van der Waals surface area contributed by atoms with Crippen LogP contribution in [0.25, 0.3) is 0 Å². The van der Waals surface area contributed by atoms with Gasteiger partial charge in [0, 0.05) is 0 Å². The third kappa shape index (κ3) is 2.36. The van der Waals surface area contributed by atoms with Crippen LogP contribution in [0.4, 0.5) is 0 Å². The summed E-state index contributed by atoms with van der Waals surface area (Å²) in [6.07, 6.45) is 0. The molecule has 2 aromatic rings. The van der Waals surface area contributed by atoms with Gasteiger partial charge in [-0.3, -0.25) is 0 Å². The van der Waals surface area contributed by atoms with Crippen molar-refractivity contribution in [3.63, 3.8) is 0 Å². The van der Waals surface area contributed by atoms with E-state index in [9.17, 15) is 0 Å². The summed E-state index contributed by atoms with van der Waals surface area (Å²) in [5.74, 6) is 1.86. The highest BCUT2D eigenvalue weighted by atomic mass is 16.5. The van der Waals surface area contributed by atoms with E-state index in [1.807, 2.05) is 18.2 Å². The smallest absolute Gasteiger partial charge is 0.211 e. The number of para-hydroxylation sites is 1. The summed E-state index contributed by atoms with van der Waals surface area (Å²) in [5, 5.41) is 13.5. The highest BCUT2D eigenvalue weighted by Gasteiger charge is 2.07. The van der Waals surface area contributed by atoms with Crippen molar-refractivity contribution in [2.75, 3.05) is 0 Å². The maximum atomic E-state index is 5.66. The molecule has 5 heteroatoms. The molecule has 84 valence electrons. The zero-order valence-electron chi connectivity index (χ0n) is 9.34. The molecule has 0 aliphatic carbocycles. The molecule has 0 atom stereocenters. The van der Waals surface area contributed by atoms with Crippen LogP contribution in [0.5, 0.6) is 5.75 Å². The standard InChI is InChI=1S/C11H14N4O/c1-8(2)9-5-3-4-6-10(9)16-7-11-12-14-15-13-11/h3-6,8H,7H2,1-2H3,(H,12,13,14,15). The molecular weight excluding hydrogens is 204 g/mol. The van der Waals surface area contributed by atoms with Crippen LogP contribution in [-0.4, -0.2) is 20.6 Å². The zero-order chi connectivity index (χ0) is 11.4. The Morgan fingerprint density at radius 3 is 2.81 bits per heavy atom. The second kappa shape index (κ2) is 4.74. The van der Waals surface area contributed by atoms with Gasteiger partial charge in [-0.1, -0.05) is 37.3 Å². The number of benzene rings is 1. The zero-order valence-corrected chi connectivity index (χ0v) is 9.34. The van der Waals surface area contributed by atoms with Gasteiger partial charge in [0.1, 0.15) is 5.75 Å². The summed E-state index contributed by atoms with van der Waals surface area (Å²) in [6.45, 7) is 4.60. The maximum Gasteiger partial charge on any atom is 0.211 e. The second-order valence-corrected chi connectivity index (χ2v) is 3.81. The summed E-state index contributed by atoms with van der Waals surface area (Å²) in [4.78, 5) is 0. The summed E-state index contributed by atoms with van der Waals surface area (Å²) in [6, 6.07) is 7.99. The lowest BCUT2D eigenvalue weighted by Crippen LogP contribution is -2.01. The molecule has 1 aromatic heterocycles. The minimum absolute atomic E-state index is 0.334. The Balaban J connectivity index is 2.09. The number of aromatic nitrogens is 4. The summed E-state index contributed by atoms with van der Waals surface area (Å²) in [7, 11) is 0. The average Bonchev–Trinajstić information content (AvgIpc) is 2.79. The lowest BCUT2D eigenvalue weighted by Gasteiger charge is -2.12. The van der Waals surface area contributed by atoms with Crippen LogP contribution in [0.2, 0.25) is 0 Å². The van der Waals surface area contributed by atoms with Crippen LogP contribution in [0, 0.1) is 0 Å². The molecule has 1 aromatic carbocycles. The van der Waals surface area contributed by atoms with Crippen molar-refractivity contribution < 1.29 is 4.74 Å². The Bertz CT molecular complexity index is 439. The topological polar surface area (TPSA) is 63.7 Å². The fraction of sp³-hybridized carbons (Fsp3) is 0.364. The van der Waals surface area contributed by atoms with E-state index >= 15 is 0 Å². The van der Waals surface area contributed by atoms with Gasteiger partial charge in [-0.15, -0.1) is 10.2 Å². The monoisotopic (exact) mass is 218 g/mol. The van der Waals surface area contributed by atoms with Gasteiger partial charge in [0.2, 0.25) is 5.82 Å². The number of aromatic amines is 1. The van der Waals surface area contributed by atoms with Crippen LogP contribution < -0.4 is 4.74 Å². The molecular formula is C11H14N4O. The Morgan fingerprint density at radius 2 is 2.12 bits per heavy atom.